The Bertz CT molecular complexity index is 1050. The average Bonchev–Trinajstić information content (AvgIpc) is 3.05. The number of fused-ring (bicyclic) bond motifs is 1. The number of benzene rings is 2. The van der Waals surface area contributed by atoms with E-state index in [0.29, 0.717) is 21.9 Å². The lowest BCUT2D eigenvalue weighted by atomic mass is 10.2. The normalized spacial score (nSPS) is 11.0. The molecule has 4 rings (SSSR count). The van der Waals surface area contributed by atoms with Crippen LogP contribution < -0.4 is 5.56 Å². The first kappa shape index (κ1) is 13.8. The van der Waals surface area contributed by atoms with E-state index in [0.717, 1.165) is 10.6 Å². The molecule has 0 aliphatic rings. The minimum absolute atomic E-state index is 0.121. The van der Waals surface area contributed by atoms with Crippen LogP contribution in [0.4, 0.5) is 0 Å². The molecular formula is C17H12N4OS. The van der Waals surface area contributed by atoms with Gasteiger partial charge >= 0.3 is 0 Å². The summed E-state index contributed by atoms with van der Waals surface area (Å²) in [6.45, 7) is 1.80. The van der Waals surface area contributed by atoms with E-state index in [9.17, 15) is 4.79 Å². The van der Waals surface area contributed by atoms with Crippen LogP contribution in [0, 0.1) is 6.92 Å². The molecule has 112 valence electrons. The van der Waals surface area contributed by atoms with E-state index in [1.165, 1.54) is 15.9 Å². The Balaban J connectivity index is 1.90. The minimum Gasteiger partial charge on any atom is -0.268 e. The number of rotatable bonds is 2. The van der Waals surface area contributed by atoms with Crippen molar-refractivity contribution in [1.82, 2.24) is 19.7 Å². The summed E-state index contributed by atoms with van der Waals surface area (Å²) in [5, 5.41) is 10.3. The molecule has 0 aliphatic carbocycles. The Kier molecular flexibility index (Phi) is 3.24. The minimum atomic E-state index is -0.121. The number of para-hydroxylation sites is 1. The van der Waals surface area contributed by atoms with Crippen molar-refractivity contribution in [3.63, 3.8) is 0 Å². The smallest absolute Gasteiger partial charge is 0.267 e. The second kappa shape index (κ2) is 5.40. The van der Waals surface area contributed by atoms with Crippen LogP contribution in [0.25, 0.3) is 26.6 Å². The van der Waals surface area contributed by atoms with Crippen LogP contribution in [0.1, 0.15) is 5.82 Å². The quantitative estimate of drug-likeness (QED) is 0.569. The van der Waals surface area contributed by atoms with Crippen LogP contribution in [0.3, 0.4) is 0 Å². The standard InChI is InChI=1S/C17H12N4OS/c1-11-18-14-10-6-5-9-13(14)16(22)21(11)17-20-19-15(23-17)12-7-3-2-4-8-12/h2-10H,1H3. The molecule has 0 saturated heterocycles. The van der Waals surface area contributed by atoms with Crippen molar-refractivity contribution in [2.24, 2.45) is 0 Å². The molecular weight excluding hydrogens is 308 g/mol. The van der Waals surface area contributed by atoms with Gasteiger partial charge in [-0.3, -0.25) is 4.79 Å². The lowest BCUT2D eigenvalue weighted by Crippen LogP contribution is -2.22. The summed E-state index contributed by atoms with van der Waals surface area (Å²) >= 11 is 1.38. The third-order valence-corrected chi connectivity index (χ3v) is 4.53. The highest BCUT2D eigenvalue weighted by Gasteiger charge is 2.14. The number of hydrogen-bond donors (Lipinski definition) is 0. The molecule has 0 aliphatic heterocycles. The molecule has 0 amide bonds. The van der Waals surface area contributed by atoms with Crippen molar-refractivity contribution in [3.05, 3.63) is 70.8 Å². The Morgan fingerprint density at radius 3 is 2.52 bits per heavy atom. The van der Waals surface area contributed by atoms with Crippen LogP contribution in [-0.4, -0.2) is 19.7 Å². The molecule has 23 heavy (non-hydrogen) atoms. The summed E-state index contributed by atoms with van der Waals surface area (Å²) in [5.74, 6) is 0.601. The first-order valence-electron chi connectivity index (χ1n) is 7.12. The topological polar surface area (TPSA) is 60.7 Å². The van der Waals surface area contributed by atoms with Crippen molar-refractivity contribution in [2.75, 3.05) is 0 Å². The predicted molar refractivity (Wildman–Crippen MR) is 91.0 cm³/mol. The maximum atomic E-state index is 12.8. The van der Waals surface area contributed by atoms with Gasteiger partial charge in [0.15, 0.2) is 0 Å². The Labute approximate surface area is 135 Å². The third kappa shape index (κ3) is 2.33. The molecule has 2 heterocycles. The zero-order chi connectivity index (χ0) is 15.8. The molecule has 0 spiro atoms. The number of hydrogen-bond acceptors (Lipinski definition) is 5. The van der Waals surface area contributed by atoms with E-state index in [1.54, 1.807) is 13.0 Å². The lowest BCUT2D eigenvalue weighted by molar-refractivity contribution is 0.863. The highest BCUT2D eigenvalue weighted by Crippen LogP contribution is 2.25. The van der Waals surface area contributed by atoms with Gasteiger partial charge in [-0.25, -0.2) is 9.55 Å². The Hall–Kier alpha value is -2.86. The molecule has 0 bridgehead atoms. The highest BCUT2D eigenvalue weighted by atomic mass is 32.1. The van der Waals surface area contributed by atoms with Crippen LogP contribution >= 0.6 is 11.3 Å². The monoisotopic (exact) mass is 320 g/mol. The average molecular weight is 320 g/mol. The van der Waals surface area contributed by atoms with Gasteiger partial charge in [-0.15, -0.1) is 10.2 Å². The molecule has 0 fully saturated rings. The molecule has 2 aromatic carbocycles. The van der Waals surface area contributed by atoms with Gasteiger partial charge in [-0.2, -0.15) is 0 Å². The molecule has 0 radical (unpaired) electrons. The SMILES string of the molecule is Cc1nc2ccccc2c(=O)n1-c1nnc(-c2ccccc2)s1. The van der Waals surface area contributed by atoms with E-state index in [1.807, 2.05) is 48.5 Å². The number of aromatic nitrogens is 4. The summed E-state index contributed by atoms with van der Waals surface area (Å²) in [6, 6.07) is 17.1. The van der Waals surface area contributed by atoms with Gasteiger partial charge in [0.05, 0.1) is 10.9 Å². The van der Waals surface area contributed by atoms with Crippen LogP contribution in [-0.2, 0) is 0 Å². The van der Waals surface area contributed by atoms with Gasteiger partial charge in [0.25, 0.3) is 5.56 Å². The maximum absolute atomic E-state index is 12.8. The predicted octanol–water partition coefficient (Wildman–Crippen LogP) is 3.21. The van der Waals surface area contributed by atoms with E-state index < -0.39 is 0 Å². The van der Waals surface area contributed by atoms with Gasteiger partial charge in [0.2, 0.25) is 5.13 Å². The summed E-state index contributed by atoms with van der Waals surface area (Å²) in [4.78, 5) is 17.3. The van der Waals surface area contributed by atoms with E-state index in [2.05, 4.69) is 15.2 Å². The molecule has 0 saturated carbocycles. The maximum Gasteiger partial charge on any atom is 0.267 e. The molecule has 4 aromatic rings. The second-order valence-corrected chi connectivity index (χ2v) is 6.03. The Morgan fingerprint density at radius 1 is 0.957 bits per heavy atom. The van der Waals surface area contributed by atoms with Crippen molar-refractivity contribution < 1.29 is 0 Å². The lowest BCUT2D eigenvalue weighted by Gasteiger charge is -2.06. The largest absolute Gasteiger partial charge is 0.268 e. The first-order chi connectivity index (χ1) is 11.2. The van der Waals surface area contributed by atoms with Gasteiger partial charge < -0.3 is 0 Å². The summed E-state index contributed by atoms with van der Waals surface area (Å²) in [5.41, 5.74) is 1.55. The fourth-order valence-corrected chi connectivity index (χ4v) is 3.37. The molecule has 2 aromatic heterocycles. The zero-order valence-corrected chi connectivity index (χ0v) is 13.1. The third-order valence-electron chi connectivity index (χ3n) is 3.57. The van der Waals surface area contributed by atoms with E-state index >= 15 is 0 Å². The fraction of sp³-hybridized carbons (Fsp3) is 0.0588. The molecule has 6 heteroatoms. The molecule has 0 atom stereocenters. The number of nitrogens with zero attached hydrogens (tertiary/aromatic N) is 4. The van der Waals surface area contributed by atoms with Crippen molar-refractivity contribution >= 4 is 22.2 Å². The highest BCUT2D eigenvalue weighted by molar-refractivity contribution is 7.17. The van der Waals surface area contributed by atoms with E-state index in [-0.39, 0.29) is 5.56 Å². The van der Waals surface area contributed by atoms with Crippen LogP contribution in [0.5, 0.6) is 0 Å². The Morgan fingerprint density at radius 2 is 1.70 bits per heavy atom. The fourth-order valence-electron chi connectivity index (χ4n) is 2.47. The summed E-state index contributed by atoms with van der Waals surface area (Å²) in [6.07, 6.45) is 0. The van der Waals surface area contributed by atoms with Gasteiger partial charge in [0, 0.05) is 5.56 Å². The van der Waals surface area contributed by atoms with Crippen LogP contribution in [0.15, 0.2) is 59.4 Å². The van der Waals surface area contributed by atoms with Gasteiger partial charge in [0.1, 0.15) is 10.8 Å². The molecule has 5 nitrogen and oxygen atoms in total. The first-order valence-corrected chi connectivity index (χ1v) is 7.93. The number of aryl methyl sites for hydroxylation is 1. The van der Waals surface area contributed by atoms with E-state index in [4.69, 9.17) is 0 Å². The van der Waals surface area contributed by atoms with Gasteiger partial charge in [-0.1, -0.05) is 53.8 Å². The second-order valence-electron chi connectivity index (χ2n) is 5.07. The zero-order valence-electron chi connectivity index (χ0n) is 12.3. The summed E-state index contributed by atoms with van der Waals surface area (Å²) < 4.78 is 1.52. The van der Waals surface area contributed by atoms with Crippen molar-refractivity contribution in [1.29, 1.82) is 0 Å². The van der Waals surface area contributed by atoms with Crippen LogP contribution in [0.2, 0.25) is 0 Å². The molecule has 0 N–H and O–H groups in total. The van der Waals surface area contributed by atoms with Crippen molar-refractivity contribution in [3.8, 4) is 15.7 Å². The van der Waals surface area contributed by atoms with Gasteiger partial charge in [-0.05, 0) is 19.1 Å². The molecule has 0 unspecified atom stereocenters. The summed E-state index contributed by atoms with van der Waals surface area (Å²) in [7, 11) is 0. The van der Waals surface area contributed by atoms with Crippen molar-refractivity contribution in [2.45, 2.75) is 6.92 Å².